The summed E-state index contributed by atoms with van der Waals surface area (Å²) in [6.07, 6.45) is 2.26. The molecule has 3 heteroatoms. The number of hydrogen-bond acceptors (Lipinski definition) is 2. The standard InChI is InChI=1S/C35H29N3/c1-37-33(27-17-9-4-10-18-27)24-31(26-15-7-3-8-16-26)36-35(37)38-32-20-12-11-19-29(32)30-22-21-28(23-34(30)38)25-13-5-2-6-14-25/h2-24,33,35-36H,1H3. The van der Waals surface area contributed by atoms with E-state index in [4.69, 9.17) is 0 Å². The van der Waals surface area contributed by atoms with Gasteiger partial charge in [-0.15, -0.1) is 0 Å². The van der Waals surface area contributed by atoms with Crippen molar-refractivity contribution >= 4 is 27.5 Å². The van der Waals surface area contributed by atoms with E-state index in [2.05, 4.69) is 161 Å². The van der Waals surface area contributed by atoms with Crippen LogP contribution in [0.15, 0.2) is 140 Å². The normalized spacial score (nSPS) is 17.9. The van der Waals surface area contributed by atoms with Crippen LogP contribution < -0.4 is 5.32 Å². The van der Waals surface area contributed by atoms with E-state index < -0.39 is 0 Å². The monoisotopic (exact) mass is 491 g/mol. The van der Waals surface area contributed by atoms with E-state index in [1.54, 1.807) is 0 Å². The number of rotatable bonds is 4. The Bertz CT molecular complexity index is 1750. The van der Waals surface area contributed by atoms with Crippen LogP contribution in [0.1, 0.15) is 23.5 Å². The lowest BCUT2D eigenvalue weighted by Gasteiger charge is -2.41. The highest BCUT2D eigenvalue weighted by atomic mass is 15.4. The van der Waals surface area contributed by atoms with E-state index in [1.807, 2.05) is 0 Å². The highest BCUT2D eigenvalue weighted by molar-refractivity contribution is 6.09. The van der Waals surface area contributed by atoms with Gasteiger partial charge in [-0.3, -0.25) is 4.90 Å². The molecule has 2 atom stereocenters. The fraction of sp³-hybridized carbons (Fsp3) is 0.0857. The van der Waals surface area contributed by atoms with Gasteiger partial charge in [-0.1, -0.05) is 121 Å². The maximum Gasteiger partial charge on any atom is 0.162 e. The van der Waals surface area contributed by atoms with Gasteiger partial charge in [0.2, 0.25) is 0 Å². The van der Waals surface area contributed by atoms with Crippen molar-refractivity contribution in [2.75, 3.05) is 7.05 Å². The third-order valence-electron chi connectivity index (χ3n) is 7.72. The fourth-order valence-corrected chi connectivity index (χ4v) is 5.82. The number of fused-ring (bicyclic) bond motifs is 3. The molecule has 0 saturated carbocycles. The van der Waals surface area contributed by atoms with E-state index >= 15 is 0 Å². The SMILES string of the molecule is CN1C(c2ccccc2)C=C(c2ccccc2)NC1n1c2ccccc2c2ccc(-c3ccccc3)cc21. The summed E-state index contributed by atoms with van der Waals surface area (Å²) in [5, 5.41) is 6.45. The Morgan fingerprint density at radius 1 is 0.553 bits per heavy atom. The van der Waals surface area contributed by atoms with Crippen molar-refractivity contribution in [1.82, 2.24) is 14.8 Å². The molecule has 1 aliphatic rings. The Morgan fingerprint density at radius 3 is 1.89 bits per heavy atom. The van der Waals surface area contributed by atoms with Crippen molar-refractivity contribution in [2.45, 2.75) is 12.3 Å². The summed E-state index contributed by atoms with van der Waals surface area (Å²) in [7, 11) is 2.22. The molecule has 0 bridgehead atoms. The summed E-state index contributed by atoms with van der Waals surface area (Å²) in [6, 6.07) is 47.8. The zero-order chi connectivity index (χ0) is 25.5. The zero-order valence-corrected chi connectivity index (χ0v) is 21.3. The highest BCUT2D eigenvalue weighted by Crippen LogP contribution is 2.40. The third-order valence-corrected chi connectivity index (χ3v) is 7.72. The fourth-order valence-electron chi connectivity index (χ4n) is 5.82. The van der Waals surface area contributed by atoms with Crippen molar-refractivity contribution in [3.05, 3.63) is 151 Å². The van der Waals surface area contributed by atoms with Crippen molar-refractivity contribution in [3.63, 3.8) is 0 Å². The van der Waals surface area contributed by atoms with Gasteiger partial charge in [-0.05, 0) is 47.5 Å². The zero-order valence-electron chi connectivity index (χ0n) is 21.3. The van der Waals surface area contributed by atoms with Gasteiger partial charge in [0.15, 0.2) is 6.29 Å². The van der Waals surface area contributed by atoms with E-state index in [9.17, 15) is 0 Å². The van der Waals surface area contributed by atoms with Crippen LogP contribution in [0.25, 0.3) is 38.6 Å². The summed E-state index contributed by atoms with van der Waals surface area (Å²) in [6.45, 7) is 0. The molecule has 0 fully saturated rings. The van der Waals surface area contributed by atoms with Gasteiger partial charge >= 0.3 is 0 Å². The van der Waals surface area contributed by atoms with Crippen molar-refractivity contribution in [3.8, 4) is 11.1 Å². The lowest BCUT2D eigenvalue weighted by Crippen LogP contribution is -2.44. The Kier molecular flexibility index (Phi) is 5.57. The van der Waals surface area contributed by atoms with Crippen LogP contribution in [-0.2, 0) is 0 Å². The van der Waals surface area contributed by atoms with E-state index in [-0.39, 0.29) is 12.3 Å². The number of nitrogens with zero attached hydrogens (tertiary/aromatic N) is 2. The average Bonchev–Trinajstić information content (AvgIpc) is 3.32. The number of benzene rings is 5. The van der Waals surface area contributed by atoms with Crippen LogP contribution in [0.4, 0.5) is 0 Å². The van der Waals surface area contributed by atoms with Gasteiger partial charge in [0.25, 0.3) is 0 Å². The first-order valence-electron chi connectivity index (χ1n) is 13.2. The highest BCUT2D eigenvalue weighted by Gasteiger charge is 2.32. The first-order chi connectivity index (χ1) is 18.8. The molecule has 3 nitrogen and oxygen atoms in total. The van der Waals surface area contributed by atoms with Gasteiger partial charge in [0.05, 0.1) is 17.1 Å². The quantitative estimate of drug-likeness (QED) is 0.268. The smallest absolute Gasteiger partial charge is 0.162 e. The summed E-state index contributed by atoms with van der Waals surface area (Å²) in [5.41, 5.74) is 8.50. The summed E-state index contributed by atoms with van der Waals surface area (Å²) >= 11 is 0. The van der Waals surface area contributed by atoms with Crippen molar-refractivity contribution in [1.29, 1.82) is 0 Å². The predicted octanol–water partition coefficient (Wildman–Crippen LogP) is 8.24. The molecular weight excluding hydrogens is 462 g/mol. The molecule has 7 rings (SSSR count). The van der Waals surface area contributed by atoms with Crippen LogP contribution in [0.5, 0.6) is 0 Å². The molecule has 38 heavy (non-hydrogen) atoms. The van der Waals surface area contributed by atoms with Gasteiger partial charge in [0.1, 0.15) is 0 Å². The topological polar surface area (TPSA) is 20.2 Å². The van der Waals surface area contributed by atoms with Crippen LogP contribution in [0.3, 0.4) is 0 Å². The van der Waals surface area contributed by atoms with E-state index in [0.29, 0.717) is 0 Å². The molecular formula is C35H29N3. The van der Waals surface area contributed by atoms with Crippen molar-refractivity contribution in [2.24, 2.45) is 0 Å². The number of likely N-dealkylation sites (N-methyl/N-ethyl adjacent to an activating group) is 1. The average molecular weight is 492 g/mol. The first-order valence-corrected chi connectivity index (χ1v) is 13.2. The minimum Gasteiger partial charge on any atom is -0.352 e. The van der Waals surface area contributed by atoms with Gasteiger partial charge in [-0.2, -0.15) is 0 Å². The minimum atomic E-state index is -0.0890. The number of aromatic nitrogens is 1. The second kappa shape index (κ2) is 9.37. The maximum absolute atomic E-state index is 3.92. The third kappa shape index (κ3) is 3.80. The first kappa shape index (κ1) is 22.6. The van der Waals surface area contributed by atoms with Gasteiger partial charge < -0.3 is 9.88 Å². The lowest BCUT2D eigenvalue weighted by atomic mass is 10.00. The summed E-state index contributed by atoms with van der Waals surface area (Å²) < 4.78 is 2.48. The summed E-state index contributed by atoms with van der Waals surface area (Å²) in [4.78, 5) is 2.43. The molecule has 1 aliphatic heterocycles. The predicted molar refractivity (Wildman–Crippen MR) is 158 cm³/mol. The molecule has 0 spiro atoms. The van der Waals surface area contributed by atoms with E-state index in [1.165, 1.54) is 44.1 Å². The molecule has 0 aliphatic carbocycles. The Hall–Kier alpha value is -4.60. The summed E-state index contributed by atoms with van der Waals surface area (Å²) in [5.74, 6) is 0. The number of hydrogen-bond donors (Lipinski definition) is 1. The van der Waals surface area contributed by atoms with Gasteiger partial charge in [-0.25, -0.2) is 0 Å². The lowest BCUT2D eigenvalue weighted by molar-refractivity contribution is 0.124. The molecule has 2 unspecified atom stereocenters. The molecule has 1 aromatic heterocycles. The molecule has 184 valence electrons. The molecule has 2 heterocycles. The molecule has 5 aromatic carbocycles. The molecule has 0 radical (unpaired) electrons. The van der Waals surface area contributed by atoms with Crippen LogP contribution in [0, 0.1) is 0 Å². The maximum atomic E-state index is 3.92. The molecule has 1 N–H and O–H groups in total. The molecule has 0 saturated heterocycles. The molecule has 6 aromatic rings. The number of para-hydroxylation sites is 1. The Labute approximate surface area is 223 Å². The van der Waals surface area contributed by atoms with Crippen LogP contribution in [-0.4, -0.2) is 16.5 Å². The largest absolute Gasteiger partial charge is 0.352 e. The second-order valence-corrected chi connectivity index (χ2v) is 9.97. The van der Waals surface area contributed by atoms with Crippen LogP contribution >= 0.6 is 0 Å². The minimum absolute atomic E-state index is 0.0890. The van der Waals surface area contributed by atoms with Crippen LogP contribution in [0.2, 0.25) is 0 Å². The van der Waals surface area contributed by atoms with Gasteiger partial charge in [0, 0.05) is 16.5 Å². The second-order valence-electron chi connectivity index (χ2n) is 9.97. The van der Waals surface area contributed by atoms with E-state index in [0.717, 1.165) is 5.70 Å². The van der Waals surface area contributed by atoms with Crippen molar-refractivity contribution < 1.29 is 0 Å². The Morgan fingerprint density at radius 2 is 1.16 bits per heavy atom. The Balaban J connectivity index is 1.46. The number of nitrogens with one attached hydrogen (secondary N) is 1. The molecule has 0 amide bonds.